The Hall–Kier alpha value is -1.64. The average Bonchev–Trinajstić information content (AvgIpc) is 2.30. The predicted molar refractivity (Wildman–Crippen MR) is 44.7 cm³/mol. The number of hydrogen-bond acceptors (Lipinski definition) is 2. The zero-order valence-electron chi connectivity index (χ0n) is 6.63. The summed E-state index contributed by atoms with van der Waals surface area (Å²) in [5.74, 6) is -0.601. The topological polar surface area (TPSA) is 46.2 Å². The number of benzene rings is 1. The van der Waals surface area contributed by atoms with Crippen LogP contribution in [-0.4, -0.2) is 11.8 Å². The highest BCUT2D eigenvalue weighted by Crippen LogP contribution is 2.13. The second-order valence-corrected chi connectivity index (χ2v) is 2.33. The third-order valence-electron chi connectivity index (χ3n) is 1.64. The van der Waals surface area contributed by atoms with Gasteiger partial charge in [0, 0.05) is 0 Å². The fraction of sp³-hybridized carbons (Fsp3) is 0. The van der Waals surface area contributed by atoms with Gasteiger partial charge in [-0.3, -0.25) is 14.9 Å². The van der Waals surface area contributed by atoms with Gasteiger partial charge in [-0.15, -0.1) is 0 Å². The number of imide groups is 1. The molecule has 0 fully saturated rings. The van der Waals surface area contributed by atoms with Crippen molar-refractivity contribution in [1.82, 2.24) is 5.32 Å². The molecule has 1 aliphatic heterocycles. The molecule has 1 aliphatic rings. The maximum atomic E-state index is 10.9. The second-order valence-electron chi connectivity index (χ2n) is 2.33. The third-order valence-corrected chi connectivity index (χ3v) is 1.64. The quantitative estimate of drug-likeness (QED) is 0.457. The monoisotopic (exact) mass is 162 g/mol. The molecule has 0 radical (unpaired) electrons. The first-order valence-electron chi connectivity index (χ1n) is 3.24. The van der Waals surface area contributed by atoms with E-state index < -0.39 is 0 Å². The van der Waals surface area contributed by atoms with Gasteiger partial charge < -0.3 is 7.43 Å². The summed E-state index contributed by atoms with van der Waals surface area (Å²) >= 11 is 0. The molecule has 3 heteroatoms. The molecule has 2 amide bonds. The highest BCUT2D eigenvalue weighted by Gasteiger charge is 2.25. The molecule has 0 saturated carbocycles. The van der Waals surface area contributed by atoms with Crippen molar-refractivity contribution in [3.8, 4) is 0 Å². The Bertz CT molecular complexity index is 311. The van der Waals surface area contributed by atoms with E-state index in [2.05, 4.69) is 5.32 Å². The van der Waals surface area contributed by atoms with Crippen LogP contribution >= 0.6 is 0 Å². The van der Waals surface area contributed by atoms with Crippen molar-refractivity contribution < 1.29 is 9.59 Å². The maximum absolute atomic E-state index is 10.9. The van der Waals surface area contributed by atoms with E-state index >= 15 is 0 Å². The van der Waals surface area contributed by atoms with Gasteiger partial charge in [-0.25, -0.2) is 0 Å². The average molecular weight is 162 g/mol. The van der Waals surface area contributed by atoms with Crippen LogP contribution in [0.3, 0.4) is 0 Å². The highest BCUT2D eigenvalue weighted by atomic mass is 16.2. The van der Waals surface area contributed by atoms with Crippen molar-refractivity contribution in [3.05, 3.63) is 42.8 Å². The van der Waals surface area contributed by atoms with Crippen LogP contribution in [0.15, 0.2) is 24.3 Å². The molecule has 12 heavy (non-hydrogen) atoms. The normalized spacial score (nSPS) is 13.3. The van der Waals surface area contributed by atoms with Crippen molar-refractivity contribution >= 4 is 11.8 Å². The summed E-state index contributed by atoms with van der Waals surface area (Å²) < 4.78 is 0. The lowest BCUT2D eigenvalue weighted by Gasteiger charge is -1.88. The number of amides is 2. The van der Waals surface area contributed by atoms with Crippen LogP contribution in [-0.2, 0) is 0 Å². The van der Waals surface area contributed by atoms with Gasteiger partial charge in [0.15, 0.2) is 0 Å². The second kappa shape index (κ2) is 2.77. The van der Waals surface area contributed by atoms with Crippen molar-refractivity contribution in [1.29, 1.82) is 0 Å². The summed E-state index contributed by atoms with van der Waals surface area (Å²) in [4.78, 5) is 21.9. The van der Waals surface area contributed by atoms with Crippen LogP contribution in [0.2, 0.25) is 0 Å². The summed E-state index contributed by atoms with van der Waals surface area (Å²) in [6.07, 6.45) is 0. The van der Waals surface area contributed by atoms with Gasteiger partial charge in [0.2, 0.25) is 0 Å². The van der Waals surface area contributed by atoms with Crippen LogP contribution in [0, 0.1) is 7.43 Å². The van der Waals surface area contributed by atoms with Crippen molar-refractivity contribution in [3.63, 3.8) is 0 Å². The molecule has 1 N–H and O–H groups in total. The van der Waals surface area contributed by atoms with Crippen molar-refractivity contribution in [2.24, 2.45) is 0 Å². The zero-order chi connectivity index (χ0) is 7.84. The molecule has 2 rings (SSSR count). The SMILES string of the molecule is O=C1NC(=O)c2ccccc21.[CH3-]. The Labute approximate surface area is 70.4 Å². The Morgan fingerprint density at radius 3 is 1.75 bits per heavy atom. The van der Waals surface area contributed by atoms with E-state index in [0.717, 1.165) is 0 Å². The zero-order valence-corrected chi connectivity index (χ0v) is 6.63. The number of nitrogens with one attached hydrogen (secondary N) is 1. The molecule has 1 aromatic rings. The van der Waals surface area contributed by atoms with Gasteiger partial charge in [0.1, 0.15) is 0 Å². The molecule has 0 bridgehead atoms. The summed E-state index contributed by atoms with van der Waals surface area (Å²) in [5, 5.41) is 2.20. The smallest absolute Gasteiger partial charge is 0.258 e. The van der Waals surface area contributed by atoms with Gasteiger partial charge in [0.25, 0.3) is 11.8 Å². The lowest BCUT2D eigenvalue weighted by molar-refractivity contribution is 0.0879. The molecule has 3 nitrogen and oxygen atoms in total. The Morgan fingerprint density at radius 1 is 0.917 bits per heavy atom. The van der Waals surface area contributed by atoms with Crippen molar-refractivity contribution in [2.75, 3.05) is 0 Å². The Morgan fingerprint density at radius 2 is 1.33 bits per heavy atom. The van der Waals surface area contributed by atoms with E-state index in [1.165, 1.54) is 0 Å². The van der Waals surface area contributed by atoms with Gasteiger partial charge in [-0.05, 0) is 12.1 Å². The standard InChI is InChI=1S/C8H5NO2.CH3/c10-7-5-3-1-2-4-6(5)8(11)9-7;/h1-4H,(H,9,10,11);1H3/q;-1. The molecular formula is C9H8NO2-. The molecule has 0 aliphatic carbocycles. The fourth-order valence-corrected chi connectivity index (χ4v) is 1.12. The van der Waals surface area contributed by atoms with Crippen LogP contribution in [0.25, 0.3) is 0 Å². The minimum atomic E-state index is -0.300. The summed E-state index contributed by atoms with van der Waals surface area (Å²) in [6, 6.07) is 6.74. The first-order valence-corrected chi connectivity index (χ1v) is 3.24. The largest absolute Gasteiger partial charge is 0.358 e. The van der Waals surface area contributed by atoms with Crippen LogP contribution < -0.4 is 5.32 Å². The molecule has 0 spiro atoms. The minimum absolute atomic E-state index is 0. The number of fused-ring (bicyclic) bond motifs is 1. The first-order chi connectivity index (χ1) is 5.29. The van der Waals surface area contributed by atoms with E-state index in [0.29, 0.717) is 11.1 Å². The number of carbonyl (C=O) groups excluding carboxylic acids is 2. The molecular weight excluding hydrogens is 154 g/mol. The Kier molecular flexibility index (Phi) is 1.95. The summed E-state index contributed by atoms with van der Waals surface area (Å²) in [7, 11) is 0. The van der Waals surface area contributed by atoms with E-state index in [4.69, 9.17) is 0 Å². The molecule has 0 atom stereocenters. The highest BCUT2D eigenvalue weighted by molar-refractivity contribution is 6.21. The van der Waals surface area contributed by atoms with Gasteiger partial charge in [-0.2, -0.15) is 0 Å². The fourth-order valence-electron chi connectivity index (χ4n) is 1.12. The predicted octanol–water partition coefficient (Wildman–Crippen LogP) is 1.02. The Balaban J connectivity index is 0.000000720. The van der Waals surface area contributed by atoms with E-state index in [1.54, 1.807) is 24.3 Å². The molecule has 0 saturated heterocycles. The molecule has 1 aromatic carbocycles. The van der Waals surface area contributed by atoms with E-state index in [-0.39, 0.29) is 19.2 Å². The van der Waals surface area contributed by atoms with Gasteiger partial charge in [0.05, 0.1) is 11.1 Å². The van der Waals surface area contributed by atoms with Gasteiger partial charge in [-0.1, -0.05) is 12.1 Å². The maximum Gasteiger partial charge on any atom is 0.258 e. The summed E-state index contributed by atoms with van der Waals surface area (Å²) in [6.45, 7) is 0. The first kappa shape index (κ1) is 8.46. The summed E-state index contributed by atoms with van der Waals surface area (Å²) in [5.41, 5.74) is 0.940. The van der Waals surface area contributed by atoms with Crippen LogP contribution in [0.1, 0.15) is 20.7 Å². The molecule has 1 heterocycles. The number of rotatable bonds is 0. The molecule has 0 aromatic heterocycles. The third kappa shape index (κ3) is 0.993. The lowest BCUT2D eigenvalue weighted by atomic mass is 10.1. The number of hydrogen-bond donors (Lipinski definition) is 1. The molecule has 62 valence electrons. The van der Waals surface area contributed by atoms with Crippen LogP contribution in [0.5, 0.6) is 0 Å². The van der Waals surface area contributed by atoms with Crippen LogP contribution in [0.4, 0.5) is 0 Å². The van der Waals surface area contributed by atoms with E-state index in [9.17, 15) is 9.59 Å². The van der Waals surface area contributed by atoms with E-state index in [1.807, 2.05) is 0 Å². The van der Waals surface area contributed by atoms with Gasteiger partial charge >= 0.3 is 0 Å². The molecule has 0 unspecified atom stereocenters. The van der Waals surface area contributed by atoms with Crippen molar-refractivity contribution in [2.45, 2.75) is 0 Å². The lowest BCUT2D eigenvalue weighted by Crippen LogP contribution is -2.19. The number of carbonyl (C=O) groups is 2. The minimum Gasteiger partial charge on any atom is -0.358 e.